The van der Waals surface area contributed by atoms with E-state index in [1.807, 2.05) is 0 Å². The number of nitrogens with one attached hydrogen (secondary N) is 1. The van der Waals surface area contributed by atoms with Crippen LogP contribution in [0.1, 0.15) is 10.4 Å². The van der Waals surface area contributed by atoms with Gasteiger partial charge in [0.15, 0.2) is 11.7 Å². The molecule has 3 aromatic rings. The number of non-ortho nitro benzene ring substituents is 1. The highest BCUT2D eigenvalue weighted by Gasteiger charge is 2.22. The first-order valence-corrected chi connectivity index (χ1v) is 11.2. The van der Waals surface area contributed by atoms with Crippen molar-refractivity contribution in [1.29, 1.82) is 0 Å². The topological polar surface area (TPSA) is 172 Å². The summed E-state index contributed by atoms with van der Waals surface area (Å²) in [5.41, 5.74) is 5.64. The zero-order valence-corrected chi connectivity index (χ0v) is 18.2. The van der Waals surface area contributed by atoms with Crippen LogP contribution in [0.3, 0.4) is 0 Å². The van der Waals surface area contributed by atoms with Crippen LogP contribution in [0.15, 0.2) is 57.8 Å². The number of esters is 1. The van der Waals surface area contributed by atoms with Gasteiger partial charge in [-0.15, -0.1) is 0 Å². The predicted molar refractivity (Wildman–Crippen MR) is 115 cm³/mol. The average Bonchev–Trinajstić information content (AvgIpc) is 3.23. The summed E-state index contributed by atoms with van der Waals surface area (Å²) >= 11 is 6.45. The maximum Gasteiger partial charge on any atom is 0.338 e. The van der Waals surface area contributed by atoms with Crippen LogP contribution in [0.5, 0.6) is 0 Å². The number of nitrogens with zero attached hydrogens (tertiary/aromatic N) is 2. The fraction of sp³-hybridized carbons (Fsp3) is 0.0556. The highest BCUT2D eigenvalue weighted by molar-refractivity contribution is 7.93. The molecule has 11 nitrogen and oxygen atoms in total. The number of nitrogens with two attached hydrogens (primary N) is 1. The zero-order valence-electron chi connectivity index (χ0n) is 15.8. The largest absolute Gasteiger partial charge is 0.452 e. The number of benzene rings is 2. The van der Waals surface area contributed by atoms with Crippen LogP contribution in [0.4, 0.5) is 16.5 Å². The van der Waals surface area contributed by atoms with Gasteiger partial charge in [-0.05, 0) is 30.3 Å². The SMILES string of the molecule is Nc1cc(C(=O)OCC(=O)Nc2ncc(S(=O)(=O)c3ccc([N+](=O)[O-])cc3)s2)ccc1Cl. The van der Waals surface area contributed by atoms with E-state index in [4.69, 9.17) is 22.1 Å². The molecule has 0 aliphatic carbocycles. The van der Waals surface area contributed by atoms with Crippen LogP contribution in [0.25, 0.3) is 0 Å². The third kappa shape index (κ3) is 5.19. The standard InChI is InChI=1S/C18H13ClN4O7S2/c19-13-6-1-10(7-14(13)20)17(25)30-9-15(24)22-18-21-8-16(31-18)32(28,29)12-4-2-11(3-5-12)23(26)27/h1-8H,9,20H2,(H,21,22,24). The van der Waals surface area contributed by atoms with E-state index in [2.05, 4.69) is 10.3 Å². The number of nitro groups is 1. The van der Waals surface area contributed by atoms with Crippen molar-refractivity contribution in [3.63, 3.8) is 0 Å². The van der Waals surface area contributed by atoms with Gasteiger partial charge in [0.2, 0.25) is 9.84 Å². The van der Waals surface area contributed by atoms with Gasteiger partial charge >= 0.3 is 5.97 Å². The van der Waals surface area contributed by atoms with Crippen LogP contribution in [0.2, 0.25) is 5.02 Å². The van der Waals surface area contributed by atoms with E-state index in [1.54, 1.807) is 0 Å². The molecule has 0 radical (unpaired) electrons. The Bertz CT molecular complexity index is 1310. The number of nitro benzene ring substituents is 1. The molecule has 0 spiro atoms. The fourth-order valence-electron chi connectivity index (χ4n) is 2.35. The minimum Gasteiger partial charge on any atom is -0.452 e. The normalized spacial score (nSPS) is 11.0. The number of nitrogen functional groups attached to an aromatic ring is 1. The highest BCUT2D eigenvalue weighted by atomic mass is 35.5. The molecule has 166 valence electrons. The number of amides is 1. The molecule has 0 fully saturated rings. The van der Waals surface area contributed by atoms with Crippen LogP contribution < -0.4 is 11.1 Å². The molecule has 3 N–H and O–H groups in total. The van der Waals surface area contributed by atoms with Crippen molar-refractivity contribution < 1.29 is 27.7 Å². The van der Waals surface area contributed by atoms with Crippen molar-refractivity contribution >= 4 is 61.2 Å². The molecule has 2 aromatic carbocycles. The molecule has 0 saturated carbocycles. The average molecular weight is 497 g/mol. The Morgan fingerprint density at radius 2 is 1.91 bits per heavy atom. The Hall–Kier alpha value is -3.55. The van der Waals surface area contributed by atoms with E-state index >= 15 is 0 Å². The summed E-state index contributed by atoms with van der Waals surface area (Å²) in [5, 5.41) is 13.3. The molecule has 0 unspecified atom stereocenters. The molecule has 14 heteroatoms. The molecular weight excluding hydrogens is 484 g/mol. The van der Waals surface area contributed by atoms with Crippen molar-refractivity contribution in [2.45, 2.75) is 9.10 Å². The first-order chi connectivity index (χ1) is 15.1. The van der Waals surface area contributed by atoms with Crippen molar-refractivity contribution in [1.82, 2.24) is 4.98 Å². The van der Waals surface area contributed by atoms with Crippen molar-refractivity contribution in [2.75, 3.05) is 17.7 Å². The summed E-state index contributed by atoms with van der Waals surface area (Å²) in [6.45, 7) is -0.647. The second-order valence-electron chi connectivity index (χ2n) is 6.10. The lowest BCUT2D eigenvalue weighted by atomic mass is 10.2. The van der Waals surface area contributed by atoms with Crippen molar-refractivity contribution in [2.24, 2.45) is 0 Å². The number of thiazole rings is 1. The van der Waals surface area contributed by atoms with Gasteiger partial charge in [0.05, 0.1) is 32.3 Å². The van der Waals surface area contributed by atoms with Crippen molar-refractivity contribution in [3.05, 3.63) is 69.4 Å². The molecule has 0 saturated heterocycles. The molecule has 32 heavy (non-hydrogen) atoms. The van der Waals surface area contributed by atoms with E-state index < -0.39 is 33.2 Å². The van der Waals surface area contributed by atoms with Gasteiger partial charge in [0.25, 0.3) is 11.6 Å². The lowest BCUT2D eigenvalue weighted by Gasteiger charge is -2.06. The van der Waals surface area contributed by atoms with Gasteiger partial charge in [0.1, 0.15) is 4.21 Å². The smallest absolute Gasteiger partial charge is 0.338 e. The summed E-state index contributed by atoms with van der Waals surface area (Å²) in [6.07, 6.45) is 1.04. The first-order valence-electron chi connectivity index (χ1n) is 8.55. The summed E-state index contributed by atoms with van der Waals surface area (Å²) in [4.78, 5) is 37.7. The molecule has 1 amide bonds. The number of rotatable bonds is 7. The zero-order chi connectivity index (χ0) is 23.5. The molecule has 0 atom stereocenters. The Morgan fingerprint density at radius 1 is 1.22 bits per heavy atom. The van der Waals surface area contributed by atoms with Gasteiger partial charge < -0.3 is 10.5 Å². The molecule has 1 aromatic heterocycles. The first kappa shape index (κ1) is 23.1. The van der Waals surface area contributed by atoms with Gasteiger partial charge in [-0.25, -0.2) is 18.2 Å². The molecule has 0 aliphatic rings. The number of hydrogen-bond acceptors (Lipinski definition) is 10. The Balaban J connectivity index is 1.62. The number of aromatic nitrogens is 1. The molecule has 0 bridgehead atoms. The van der Waals surface area contributed by atoms with Crippen molar-refractivity contribution in [3.8, 4) is 0 Å². The number of halogens is 1. The lowest BCUT2D eigenvalue weighted by Crippen LogP contribution is -2.20. The summed E-state index contributed by atoms with van der Waals surface area (Å²) < 4.78 is 30.0. The minimum absolute atomic E-state index is 0.0396. The third-order valence-corrected chi connectivity index (χ3v) is 7.41. The highest BCUT2D eigenvalue weighted by Crippen LogP contribution is 2.29. The number of carbonyl (C=O) groups is 2. The van der Waals surface area contributed by atoms with E-state index in [0.29, 0.717) is 11.3 Å². The minimum atomic E-state index is -3.99. The third-order valence-electron chi connectivity index (χ3n) is 3.92. The maximum atomic E-state index is 12.6. The summed E-state index contributed by atoms with van der Waals surface area (Å²) in [7, 11) is -3.99. The van der Waals surface area contributed by atoms with E-state index in [1.165, 1.54) is 18.2 Å². The Labute approximate surface area is 189 Å². The summed E-state index contributed by atoms with van der Waals surface area (Å²) in [5.74, 6) is -1.54. The quantitative estimate of drug-likeness (QED) is 0.216. The Kier molecular flexibility index (Phi) is 6.72. The summed E-state index contributed by atoms with van der Waals surface area (Å²) in [6, 6.07) is 8.45. The van der Waals surface area contributed by atoms with Gasteiger partial charge in [-0.3, -0.25) is 20.2 Å². The number of carbonyl (C=O) groups excluding carboxylic acids is 2. The number of anilines is 2. The fourth-order valence-corrected chi connectivity index (χ4v) is 4.91. The van der Waals surface area contributed by atoms with Crippen LogP contribution >= 0.6 is 22.9 Å². The second kappa shape index (κ2) is 9.30. The van der Waals surface area contributed by atoms with Crippen LogP contribution in [0, 0.1) is 10.1 Å². The maximum absolute atomic E-state index is 12.6. The number of sulfone groups is 1. The van der Waals surface area contributed by atoms with E-state index in [0.717, 1.165) is 30.5 Å². The van der Waals surface area contributed by atoms with E-state index in [9.17, 15) is 28.1 Å². The van der Waals surface area contributed by atoms with Gasteiger partial charge in [-0.2, -0.15) is 0 Å². The van der Waals surface area contributed by atoms with Gasteiger partial charge in [0, 0.05) is 12.1 Å². The second-order valence-corrected chi connectivity index (χ2v) is 9.71. The monoisotopic (exact) mass is 496 g/mol. The lowest BCUT2D eigenvalue weighted by molar-refractivity contribution is -0.384. The number of ether oxygens (including phenoxy) is 1. The predicted octanol–water partition coefficient (Wildman–Crippen LogP) is 2.92. The Morgan fingerprint density at radius 3 is 2.53 bits per heavy atom. The van der Waals surface area contributed by atoms with Crippen LogP contribution in [-0.4, -0.2) is 36.8 Å². The van der Waals surface area contributed by atoms with E-state index in [-0.39, 0.29) is 36.2 Å². The molecule has 3 rings (SSSR count). The van der Waals surface area contributed by atoms with Gasteiger partial charge in [-0.1, -0.05) is 22.9 Å². The molecule has 1 heterocycles. The molecule has 0 aliphatic heterocycles. The van der Waals surface area contributed by atoms with Crippen LogP contribution in [-0.2, 0) is 19.4 Å². The number of hydrogen-bond donors (Lipinski definition) is 2. The molecular formula is C18H13ClN4O7S2.